The van der Waals surface area contributed by atoms with Gasteiger partial charge in [0.15, 0.2) is 0 Å². The van der Waals surface area contributed by atoms with E-state index in [1.165, 1.54) is 102 Å². The van der Waals surface area contributed by atoms with Crippen LogP contribution in [0.25, 0.3) is 109 Å². The molecule has 0 saturated heterocycles. The van der Waals surface area contributed by atoms with Gasteiger partial charge in [0, 0.05) is 42.1 Å². The second kappa shape index (κ2) is 11.5. The number of hydrogen-bond acceptors (Lipinski definition) is 2. The Morgan fingerprint density at radius 3 is 1.89 bits per heavy atom. The van der Waals surface area contributed by atoms with Crippen LogP contribution in [0.4, 0.5) is 0 Å². The number of furan rings is 1. The maximum Gasteiger partial charge on any atom is 0.143 e. The molecule has 12 rings (SSSR count). The van der Waals surface area contributed by atoms with Crippen LogP contribution in [0.15, 0.2) is 168 Å². The zero-order valence-electron chi connectivity index (χ0n) is 29.3. The lowest BCUT2D eigenvalue weighted by Gasteiger charge is -2.19. The summed E-state index contributed by atoms with van der Waals surface area (Å²) in [4.78, 5) is 0. The highest BCUT2D eigenvalue weighted by molar-refractivity contribution is 7.25. The SMILES string of the molecule is C1=c2oc3c(ccc4cc5sc6ccccc6c5cc43)c2=CC(c2cccc(-c3c4ccccc4c(-c4ccc5ccccc5c4)c4ccccc34)c2)C1. The monoisotopic (exact) mass is 704 g/mol. The van der Waals surface area contributed by atoms with Crippen molar-refractivity contribution in [2.24, 2.45) is 0 Å². The third-order valence-corrected chi connectivity index (χ3v) is 12.9. The highest BCUT2D eigenvalue weighted by Crippen LogP contribution is 2.45. The quantitative estimate of drug-likeness (QED) is 0.167. The van der Waals surface area contributed by atoms with Crippen LogP contribution in [-0.2, 0) is 0 Å². The first-order valence-electron chi connectivity index (χ1n) is 18.8. The smallest absolute Gasteiger partial charge is 0.143 e. The van der Waals surface area contributed by atoms with Crippen LogP contribution in [0.2, 0.25) is 0 Å². The van der Waals surface area contributed by atoms with Crippen molar-refractivity contribution < 1.29 is 4.42 Å². The fourth-order valence-corrected chi connectivity index (χ4v) is 10.4. The lowest BCUT2D eigenvalue weighted by atomic mass is 9.84. The normalized spacial score (nSPS) is 14.3. The van der Waals surface area contributed by atoms with E-state index >= 15 is 0 Å². The van der Waals surface area contributed by atoms with Crippen molar-refractivity contribution in [3.05, 3.63) is 180 Å². The lowest BCUT2D eigenvalue weighted by molar-refractivity contribution is 0.573. The Morgan fingerprint density at radius 2 is 1.11 bits per heavy atom. The number of benzene rings is 9. The molecule has 1 aliphatic carbocycles. The highest BCUT2D eigenvalue weighted by atomic mass is 32.1. The van der Waals surface area contributed by atoms with E-state index in [-0.39, 0.29) is 5.92 Å². The standard InChI is InChI=1S/C52H32OS/c1-2-11-32-26-37(21-20-31(32)10-1)51-41-17-5-3-15-39(41)50(40-16-4-6-18-42(40)51)36-13-9-12-33(27-36)34-23-25-47-45(28-34)43-24-22-35-29-49-46(30-44(35)52(43)53-47)38-14-7-8-19-48(38)54-49/h1-22,24-30,34H,23H2. The average Bonchev–Trinajstić information content (AvgIpc) is 3.79. The minimum Gasteiger partial charge on any atom is -0.456 e. The molecule has 0 spiro atoms. The van der Waals surface area contributed by atoms with Gasteiger partial charge in [0.25, 0.3) is 0 Å². The van der Waals surface area contributed by atoms with Gasteiger partial charge in [-0.3, -0.25) is 0 Å². The van der Waals surface area contributed by atoms with Crippen LogP contribution in [0.5, 0.6) is 0 Å². The van der Waals surface area contributed by atoms with Gasteiger partial charge < -0.3 is 4.42 Å². The topological polar surface area (TPSA) is 13.1 Å². The van der Waals surface area contributed by atoms with Gasteiger partial charge in [-0.1, -0.05) is 140 Å². The summed E-state index contributed by atoms with van der Waals surface area (Å²) in [6, 6.07) is 60.6. The van der Waals surface area contributed by atoms with Crippen molar-refractivity contribution in [3.8, 4) is 22.3 Å². The van der Waals surface area contributed by atoms with Gasteiger partial charge >= 0.3 is 0 Å². The predicted octanol–water partition coefficient (Wildman–Crippen LogP) is 13.5. The summed E-state index contributed by atoms with van der Waals surface area (Å²) in [6.45, 7) is 0. The molecule has 0 bridgehead atoms. The fourth-order valence-electron chi connectivity index (χ4n) is 9.21. The Morgan fingerprint density at radius 1 is 0.444 bits per heavy atom. The van der Waals surface area contributed by atoms with Crippen molar-refractivity contribution >= 4 is 97.7 Å². The summed E-state index contributed by atoms with van der Waals surface area (Å²) < 4.78 is 9.35. The molecule has 2 heteroatoms. The molecular formula is C52H32OS. The molecule has 1 aliphatic rings. The summed E-state index contributed by atoms with van der Waals surface area (Å²) in [5, 5.41) is 15.1. The van der Waals surface area contributed by atoms with E-state index in [9.17, 15) is 0 Å². The second-order valence-corrected chi connectivity index (χ2v) is 15.8. The largest absolute Gasteiger partial charge is 0.456 e. The predicted molar refractivity (Wildman–Crippen MR) is 232 cm³/mol. The van der Waals surface area contributed by atoms with Crippen LogP contribution < -0.4 is 10.6 Å². The molecule has 1 nitrogen and oxygen atoms in total. The van der Waals surface area contributed by atoms with Crippen molar-refractivity contribution in [3.63, 3.8) is 0 Å². The maximum atomic E-state index is 6.70. The molecule has 2 heterocycles. The van der Waals surface area contributed by atoms with Gasteiger partial charge in [0.1, 0.15) is 11.0 Å². The molecule has 1 unspecified atom stereocenters. The summed E-state index contributed by atoms with van der Waals surface area (Å²) in [5.74, 6) is 0.242. The summed E-state index contributed by atoms with van der Waals surface area (Å²) >= 11 is 1.86. The van der Waals surface area contributed by atoms with Crippen molar-refractivity contribution in [2.45, 2.75) is 12.3 Å². The number of fused-ring (bicyclic) bond motifs is 11. The summed E-state index contributed by atoms with van der Waals surface area (Å²) in [7, 11) is 0. The van der Waals surface area contributed by atoms with Gasteiger partial charge in [-0.15, -0.1) is 11.3 Å². The average molecular weight is 705 g/mol. The van der Waals surface area contributed by atoms with Gasteiger partial charge in [0.05, 0.1) is 0 Å². The Labute approximate surface area is 315 Å². The molecule has 9 aromatic carbocycles. The van der Waals surface area contributed by atoms with E-state index < -0.39 is 0 Å². The minimum atomic E-state index is 0.242. The van der Waals surface area contributed by atoms with Crippen LogP contribution in [0, 0.1) is 0 Å². The van der Waals surface area contributed by atoms with Crippen LogP contribution in [-0.4, -0.2) is 0 Å². The Balaban J connectivity index is 1.01. The van der Waals surface area contributed by atoms with Crippen molar-refractivity contribution in [1.29, 1.82) is 0 Å². The molecule has 0 radical (unpaired) electrons. The van der Waals surface area contributed by atoms with E-state index in [4.69, 9.17) is 4.42 Å². The molecule has 252 valence electrons. The van der Waals surface area contributed by atoms with Crippen molar-refractivity contribution in [2.75, 3.05) is 0 Å². The second-order valence-electron chi connectivity index (χ2n) is 14.7. The van der Waals surface area contributed by atoms with Gasteiger partial charge in [-0.25, -0.2) is 0 Å². The molecule has 2 aromatic heterocycles. The molecule has 0 aliphatic heterocycles. The molecule has 11 aromatic rings. The number of hydrogen-bond donors (Lipinski definition) is 0. The van der Waals surface area contributed by atoms with E-state index in [2.05, 4.69) is 176 Å². The minimum absolute atomic E-state index is 0.242. The van der Waals surface area contributed by atoms with Gasteiger partial charge in [-0.05, 0) is 108 Å². The van der Waals surface area contributed by atoms with Crippen LogP contribution in [0.1, 0.15) is 17.9 Å². The van der Waals surface area contributed by atoms with Crippen molar-refractivity contribution in [1.82, 2.24) is 0 Å². The Hall–Kier alpha value is -6.48. The van der Waals surface area contributed by atoms with Crippen LogP contribution in [0.3, 0.4) is 0 Å². The highest BCUT2D eigenvalue weighted by Gasteiger charge is 2.20. The fraction of sp³-hybridized carbons (Fsp3) is 0.0385. The van der Waals surface area contributed by atoms with Gasteiger partial charge in [0.2, 0.25) is 0 Å². The van der Waals surface area contributed by atoms with Gasteiger partial charge in [-0.2, -0.15) is 0 Å². The van der Waals surface area contributed by atoms with E-state index in [1.807, 2.05) is 11.3 Å². The third kappa shape index (κ3) is 4.44. The number of rotatable bonds is 3. The first-order chi connectivity index (χ1) is 26.7. The van der Waals surface area contributed by atoms with E-state index in [0.29, 0.717) is 0 Å². The van der Waals surface area contributed by atoms with Crippen LogP contribution >= 0.6 is 11.3 Å². The summed E-state index contributed by atoms with van der Waals surface area (Å²) in [5.41, 5.74) is 8.38. The molecule has 0 amide bonds. The zero-order chi connectivity index (χ0) is 35.3. The maximum absolute atomic E-state index is 6.70. The Kier molecular flexibility index (Phi) is 6.40. The first kappa shape index (κ1) is 30.0. The molecule has 0 saturated carbocycles. The number of thiophene rings is 1. The molecule has 0 N–H and O–H groups in total. The first-order valence-corrected chi connectivity index (χ1v) is 19.6. The van der Waals surface area contributed by atoms with E-state index in [1.54, 1.807) is 0 Å². The Bertz CT molecular complexity index is 3430. The van der Waals surface area contributed by atoms with E-state index in [0.717, 1.165) is 17.4 Å². The lowest BCUT2D eigenvalue weighted by Crippen LogP contribution is -2.24. The molecule has 0 fully saturated rings. The third-order valence-electron chi connectivity index (χ3n) is 11.7. The zero-order valence-corrected chi connectivity index (χ0v) is 30.2. The molecular weight excluding hydrogens is 673 g/mol. The summed E-state index contributed by atoms with van der Waals surface area (Å²) in [6.07, 6.45) is 5.65. The molecule has 54 heavy (non-hydrogen) atoms. The molecule has 1 atom stereocenters.